The van der Waals surface area contributed by atoms with E-state index in [0.29, 0.717) is 13.0 Å². The van der Waals surface area contributed by atoms with Gasteiger partial charge in [0.15, 0.2) is 5.96 Å². The summed E-state index contributed by atoms with van der Waals surface area (Å²) in [6.07, 6.45) is 3.10. The summed E-state index contributed by atoms with van der Waals surface area (Å²) in [6.45, 7) is 7.21. The molecular formula is C21H34IN5O2. The first-order chi connectivity index (χ1) is 13.7. The molecule has 8 heteroatoms. The number of benzene rings is 1. The normalized spacial score (nSPS) is 21.2. The molecule has 1 aromatic carbocycles. The lowest BCUT2D eigenvalue weighted by molar-refractivity contribution is -0.117. The highest BCUT2D eigenvalue weighted by atomic mass is 127. The smallest absolute Gasteiger partial charge is 0.229 e. The Bertz CT molecular complexity index is 650. The van der Waals surface area contributed by atoms with Crippen LogP contribution in [0.2, 0.25) is 0 Å². The van der Waals surface area contributed by atoms with Crippen LogP contribution in [0.3, 0.4) is 0 Å². The Morgan fingerprint density at radius 2 is 1.97 bits per heavy atom. The van der Waals surface area contributed by atoms with Crippen LogP contribution in [0.5, 0.6) is 0 Å². The summed E-state index contributed by atoms with van der Waals surface area (Å²) in [5, 5.41) is 16.3. The molecule has 29 heavy (non-hydrogen) atoms. The Hall–Kier alpha value is -1.39. The summed E-state index contributed by atoms with van der Waals surface area (Å²) in [6, 6.07) is 9.88. The number of nitrogens with zero attached hydrogens (tertiary/aromatic N) is 3. The van der Waals surface area contributed by atoms with Gasteiger partial charge in [0.1, 0.15) is 0 Å². The van der Waals surface area contributed by atoms with Gasteiger partial charge in [-0.15, -0.1) is 24.0 Å². The molecule has 1 aromatic rings. The van der Waals surface area contributed by atoms with Gasteiger partial charge in [0, 0.05) is 44.8 Å². The average molecular weight is 515 g/mol. The minimum atomic E-state index is -0.122. The van der Waals surface area contributed by atoms with Crippen molar-refractivity contribution >= 4 is 41.5 Å². The molecule has 0 aromatic heterocycles. The minimum absolute atomic E-state index is 0. The number of para-hydroxylation sites is 1. The van der Waals surface area contributed by atoms with E-state index in [1.54, 1.807) is 0 Å². The molecule has 3 rings (SSSR count). The number of likely N-dealkylation sites (tertiary alicyclic amines) is 1. The number of hydrogen-bond donors (Lipinski definition) is 3. The van der Waals surface area contributed by atoms with E-state index in [9.17, 15) is 9.90 Å². The van der Waals surface area contributed by atoms with Crippen LogP contribution in [-0.2, 0) is 4.79 Å². The number of rotatable bonds is 7. The summed E-state index contributed by atoms with van der Waals surface area (Å²) in [4.78, 5) is 21.3. The zero-order chi connectivity index (χ0) is 19.8. The molecule has 1 unspecified atom stereocenters. The standard InChI is InChI=1S/C21H33N5O2.HI/c1-2-22-21(23-11-6-12-25-13-9-19(27)10-14-25)24-17-15-20(28)26(16-17)18-7-4-3-5-8-18;/h3-5,7-8,17,19,27H,2,6,9-16H2,1H3,(H2,22,23,24);1H. The SMILES string of the molecule is CCNC(=NCCCN1CCC(O)CC1)NC1CC(=O)N(c2ccccc2)C1.I. The second-order valence-corrected chi connectivity index (χ2v) is 7.57. The number of piperidine rings is 1. The van der Waals surface area contributed by atoms with E-state index in [1.807, 2.05) is 42.2 Å². The summed E-state index contributed by atoms with van der Waals surface area (Å²) in [7, 11) is 0. The molecule has 0 spiro atoms. The summed E-state index contributed by atoms with van der Waals surface area (Å²) < 4.78 is 0. The van der Waals surface area contributed by atoms with E-state index in [0.717, 1.165) is 63.6 Å². The maximum Gasteiger partial charge on any atom is 0.229 e. The van der Waals surface area contributed by atoms with Gasteiger partial charge in [-0.1, -0.05) is 18.2 Å². The molecule has 7 nitrogen and oxygen atoms in total. The molecule has 2 saturated heterocycles. The molecule has 0 aliphatic carbocycles. The van der Waals surface area contributed by atoms with Crippen LogP contribution in [0.25, 0.3) is 0 Å². The van der Waals surface area contributed by atoms with Gasteiger partial charge in [0.2, 0.25) is 5.91 Å². The van der Waals surface area contributed by atoms with Gasteiger partial charge in [0.05, 0.1) is 12.1 Å². The van der Waals surface area contributed by atoms with Crippen LogP contribution < -0.4 is 15.5 Å². The first-order valence-corrected chi connectivity index (χ1v) is 10.5. The maximum atomic E-state index is 12.4. The Labute approximate surface area is 191 Å². The van der Waals surface area contributed by atoms with E-state index in [4.69, 9.17) is 0 Å². The van der Waals surface area contributed by atoms with Crippen LogP contribution in [0.1, 0.15) is 32.6 Å². The van der Waals surface area contributed by atoms with Gasteiger partial charge in [-0.25, -0.2) is 0 Å². The van der Waals surface area contributed by atoms with Gasteiger partial charge in [-0.2, -0.15) is 0 Å². The van der Waals surface area contributed by atoms with Crippen molar-refractivity contribution in [3.8, 4) is 0 Å². The van der Waals surface area contributed by atoms with E-state index in [2.05, 4.69) is 20.5 Å². The number of hydrogen-bond acceptors (Lipinski definition) is 4. The number of aliphatic hydroxyl groups is 1. The summed E-state index contributed by atoms with van der Waals surface area (Å²) in [5.41, 5.74) is 0.949. The number of aliphatic hydroxyl groups excluding tert-OH is 1. The third kappa shape index (κ3) is 7.42. The summed E-state index contributed by atoms with van der Waals surface area (Å²) >= 11 is 0. The first-order valence-electron chi connectivity index (χ1n) is 10.5. The predicted octanol–water partition coefficient (Wildman–Crippen LogP) is 1.81. The minimum Gasteiger partial charge on any atom is -0.393 e. The molecule has 0 saturated carbocycles. The highest BCUT2D eigenvalue weighted by molar-refractivity contribution is 14.0. The van der Waals surface area contributed by atoms with Crippen molar-refractivity contribution in [2.24, 2.45) is 4.99 Å². The number of carbonyl (C=O) groups is 1. The number of aliphatic imine (C=N–C) groups is 1. The van der Waals surface area contributed by atoms with Crippen LogP contribution >= 0.6 is 24.0 Å². The van der Waals surface area contributed by atoms with E-state index in [-0.39, 0.29) is 42.0 Å². The van der Waals surface area contributed by atoms with Crippen molar-refractivity contribution in [1.29, 1.82) is 0 Å². The van der Waals surface area contributed by atoms with Crippen LogP contribution in [0, 0.1) is 0 Å². The molecule has 0 bridgehead atoms. The highest BCUT2D eigenvalue weighted by Gasteiger charge is 2.31. The molecule has 1 amide bonds. The van der Waals surface area contributed by atoms with Crippen molar-refractivity contribution in [3.05, 3.63) is 30.3 Å². The topological polar surface area (TPSA) is 80.2 Å². The van der Waals surface area contributed by atoms with E-state index < -0.39 is 0 Å². The molecule has 2 aliphatic heterocycles. The molecule has 2 aliphatic rings. The average Bonchev–Trinajstić information content (AvgIpc) is 3.07. The fourth-order valence-corrected chi connectivity index (χ4v) is 3.80. The molecule has 1 atom stereocenters. The third-order valence-electron chi connectivity index (χ3n) is 5.34. The van der Waals surface area contributed by atoms with Gasteiger partial charge in [-0.3, -0.25) is 9.79 Å². The van der Waals surface area contributed by atoms with Crippen molar-refractivity contribution in [1.82, 2.24) is 15.5 Å². The fraction of sp³-hybridized carbons (Fsp3) is 0.619. The molecule has 3 N–H and O–H groups in total. The number of carbonyl (C=O) groups excluding carboxylic acids is 1. The molecule has 2 fully saturated rings. The van der Waals surface area contributed by atoms with Crippen molar-refractivity contribution in [3.63, 3.8) is 0 Å². The number of anilines is 1. The second kappa shape index (κ2) is 12.3. The largest absolute Gasteiger partial charge is 0.393 e. The van der Waals surface area contributed by atoms with E-state index in [1.165, 1.54) is 0 Å². The van der Waals surface area contributed by atoms with Gasteiger partial charge >= 0.3 is 0 Å². The quantitative estimate of drug-likeness (QED) is 0.224. The fourth-order valence-electron chi connectivity index (χ4n) is 3.80. The second-order valence-electron chi connectivity index (χ2n) is 7.57. The molecular weight excluding hydrogens is 481 g/mol. The first kappa shape index (κ1) is 23.9. The number of halogens is 1. The third-order valence-corrected chi connectivity index (χ3v) is 5.34. The zero-order valence-corrected chi connectivity index (χ0v) is 19.5. The lowest BCUT2D eigenvalue weighted by atomic mass is 10.1. The Morgan fingerprint density at radius 1 is 1.24 bits per heavy atom. The Morgan fingerprint density at radius 3 is 2.66 bits per heavy atom. The Balaban J connectivity index is 0.00000300. The predicted molar refractivity (Wildman–Crippen MR) is 128 cm³/mol. The van der Waals surface area contributed by atoms with E-state index >= 15 is 0 Å². The van der Waals surface area contributed by atoms with Gasteiger partial charge in [0.25, 0.3) is 0 Å². The number of nitrogens with one attached hydrogen (secondary N) is 2. The molecule has 2 heterocycles. The van der Waals surface area contributed by atoms with Crippen LogP contribution in [-0.4, -0.2) is 73.3 Å². The highest BCUT2D eigenvalue weighted by Crippen LogP contribution is 2.20. The molecule has 162 valence electrons. The van der Waals surface area contributed by atoms with Crippen LogP contribution in [0.15, 0.2) is 35.3 Å². The van der Waals surface area contributed by atoms with Crippen molar-refractivity contribution in [2.45, 2.75) is 44.8 Å². The van der Waals surface area contributed by atoms with Gasteiger partial charge in [-0.05, 0) is 44.9 Å². The summed E-state index contributed by atoms with van der Waals surface area (Å²) in [5.74, 6) is 0.927. The van der Waals surface area contributed by atoms with Crippen molar-refractivity contribution < 1.29 is 9.90 Å². The zero-order valence-electron chi connectivity index (χ0n) is 17.2. The number of amides is 1. The Kier molecular flexibility index (Phi) is 10.2. The lowest BCUT2D eigenvalue weighted by Gasteiger charge is -2.29. The van der Waals surface area contributed by atoms with Crippen molar-refractivity contribution in [2.75, 3.05) is 44.2 Å². The number of guanidine groups is 1. The van der Waals surface area contributed by atoms with Gasteiger partial charge < -0.3 is 25.5 Å². The molecule has 0 radical (unpaired) electrons. The lowest BCUT2D eigenvalue weighted by Crippen LogP contribution is -2.44. The maximum absolute atomic E-state index is 12.4. The van der Waals surface area contributed by atoms with Crippen LogP contribution in [0.4, 0.5) is 5.69 Å². The monoisotopic (exact) mass is 515 g/mol.